The third-order valence-corrected chi connectivity index (χ3v) is 8.20. The van der Waals surface area contributed by atoms with E-state index in [1.54, 1.807) is 12.1 Å². The Bertz CT molecular complexity index is 1290. The van der Waals surface area contributed by atoms with Crippen LogP contribution in [0.2, 0.25) is 0 Å². The third kappa shape index (κ3) is 4.50. The SMILES string of the molecule is CC(C)(C)[C@H]1CCc2c(sc(NC(=O)CSc3nnc(-c4ccc5c(c4)OCO5)o3)c2C#N)C1. The Morgan fingerprint density at radius 1 is 1.29 bits per heavy atom. The van der Waals surface area contributed by atoms with Crippen LogP contribution >= 0.6 is 23.1 Å². The van der Waals surface area contributed by atoms with Crippen molar-refractivity contribution < 1.29 is 18.7 Å². The van der Waals surface area contributed by atoms with Gasteiger partial charge in [-0.1, -0.05) is 32.5 Å². The zero-order valence-corrected chi connectivity index (χ0v) is 20.8. The van der Waals surface area contributed by atoms with Crippen LogP contribution in [0.15, 0.2) is 27.8 Å². The van der Waals surface area contributed by atoms with Crippen molar-refractivity contribution in [3.63, 3.8) is 0 Å². The molecule has 2 aliphatic rings. The summed E-state index contributed by atoms with van der Waals surface area (Å²) in [6.07, 6.45) is 2.90. The first-order chi connectivity index (χ1) is 16.3. The Labute approximate surface area is 205 Å². The number of carbonyl (C=O) groups excluding carboxylic acids is 1. The first kappa shape index (κ1) is 22.7. The molecule has 1 atom stereocenters. The molecule has 3 aromatic rings. The first-order valence-electron chi connectivity index (χ1n) is 11.0. The van der Waals surface area contributed by atoms with Crippen LogP contribution in [0, 0.1) is 22.7 Å². The average Bonchev–Trinajstić information content (AvgIpc) is 3.53. The maximum Gasteiger partial charge on any atom is 0.277 e. The zero-order chi connectivity index (χ0) is 23.9. The molecule has 0 saturated carbocycles. The van der Waals surface area contributed by atoms with Gasteiger partial charge in [0.25, 0.3) is 5.22 Å². The lowest BCUT2D eigenvalue weighted by Crippen LogP contribution is -2.26. The van der Waals surface area contributed by atoms with Gasteiger partial charge in [0, 0.05) is 10.4 Å². The largest absolute Gasteiger partial charge is 0.454 e. The predicted octanol–water partition coefficient (Wildman–Crippen LogP) is 5.28. The zero-order valence-electron chi connectivity index (χ0n) is 19.1. The van der Waals surface area contributed by atoms with Crippen LogP contribution < -0.4 is 14.8 Å². The molecule has 1 N–H and O–H groups in total. The molecule has 34 heavy (non-hydrogen) atoms. The fraction of sp³-hybridized carbons (Fsp3) is 0.417. The van der Waals surface area contributed by atoms with Gasteiger partial charge >= 0.3 is 0 Å². The summed E-state index contributed by atoms with van der Waals surface area (Å²) in [4.78, 5) is 13.9. The van der Waals surface area contributed by atoms with Gasteiger partial charge in [-0.3, -0.25) is 4.79 Å². The van der Waals surface area contributed by atoms with Crippen LogP contribution in [-0.2, 0) is 17.6 Å². The van der Waals surface area contributed by atoms with Crippen molar-refractivity contribution in [2.24, 2.45) is 11.3 Å². The molecule has 3 heterocycles. The minimum Gasteiger partial charge on any atom is -0.454 e. The molecule has 0 saturated heterocycles. The number of hydrogen-bond acceptors (Lipinski definition) is 9. The second-order valence-corrected chi connectivity index (χ2v) is 11.4. The molecule has 1 aromatic carbocycles. The van der Waals surface area contributed by atoms with E-state index in [-0.39, 0.29) is 23.9 Å². The van der Waals surface area contributed by atoms with Crippen molar-refractivity contribution >= 4 is 34.0 Å². The number of aromatic nitrogens is 2. The Morgan fingerprint density at radius 2 is 2.12 bits per heavy atom. The number of fused-ring (bicyclic) bond motifs is 2. The van der Waals surface area contributed by atoms with Gasteiger partial charge in [0.1, 0.15) is 11.1 Å². The molecule has 0 radical (unpaired) electrons. The van der Waals surface area contributed by atoms with Crippen molar-refractivity contribution in [3.05, 3.63) is 34.2 Å². The van der Waals surface area contributed by atoms with Gasteiger partial charge in [0.05, 0.1) is 11.3 Å². The second-order valence-electron chi connectivity index (χ2n) is 9.40. The highest BCUT2D eigenvalue weighted by Crippen LogP contribution is 2.44. The maximum absolute atomic E-state index is 12.6. The number of nitriles is 1. The summed E-state index contributed by atoms with van der Waals surface area (Å²) in [7, 11) is 0. The summed E-state index contributed by atoms with van der Waals surface area (Å²) in [5.74, 6) is 2.10. The van der Waals surface area contributed by atoms with Crippen molar-refractivity contribution in [2.75, 3.05) is 17.9 Å². The van der Waals surface area contributed by atoms with E-state index >= 15 is 0 Å². The van der Waals surface area contributed by atoms with E-state index in [9.17, 15) is 10.1 Å². The molecule has 2 aromatic heterocycles. The lowest BCUT2D eigenvalue weighted by atomic mass is 9.72. The molecule has 0 unspecified atom stereocenters. The van der Waals surface area contributed by atoms with Gasteiger partial charge in [0.15, 0.2) is 11.5 Å². The van der Waals surface area contributed by atoms with E-state index < -0.39 is 0 Å². The summed E-state index contributed by atoms with van der Waals surface area (Å²) in [5, 5.41) is 21.7. The maximum atomic E-state index is 12.6. The summed E-state index contributed by atoms with van der Waals surface area (Å²) in [6, 6.07) is 7.69. The van der Waals surface area contributed by atoms with Crippen LogP contribution in [0.1, 0.15) is 43.2 Å². The van der Waals surface area contributed by atoms with E-state index in [0.717, 1.165) is 36.6 Å². The molecule has 0 fully saturated rings. The second kappa shape index (κ2) is 8.96. The van der Waals surface area contributed by atoms with E-state index in [1.165, 1.54) is 16.2 Å². The first-order valence-corrected chi connectivity index (χ1v) is 12.8. The third-order valence-electron chi connectivity index (χ3n) is 6.21. The van der Waals surface area contributed by atoms with Crippen LogP contribution in [0.3, 0.4) is 0 Å². The smallest absolute Gasteiger partial charge is 0.277 e. The van der Waals surface area contributed by atoms with Crippen LogP contribution in [0.25, 0.3) is 11.5 Å². The fourth-order valence-corrected chi connectivity index (χ4v) is 6.09. The normalized spacial score (nSPS) is 16.7. The van der Waals surface area contributed by atoms with Gasteiger partial charge in [0.2, 0.25) is 18.6 Å². The summed E-state index contributed by atoms with van der Waals surface area (Å²) in [5.41, 5.74) is 2.64. The van der Waals surface area contributed by atoms with Gasteiger partial charge in [-0.25, -0.2) is 0 Å². The van der Waals surface area contributed by atoms with E-state index in [1.807, 2.05) is 6.07 Å². The summed E-state index contributed by atoms with van der Waals surface area (Å²) < 4.78 is 16.4. The number of amides is 1. The van der Waals surface area contributed by atoms with Gasteiger partial charge in [-0.05, 0) is 54.4 Å². The standard InChI is InChI=1S/C24H24N4O4S2/c1-24(2,3)14-5-6-15-16(10-25)22(34-19(15)9-14)26-20(29)11-33-23-28-27-21(32-23)13-4-7-17-18(8-13)31-12-30-17/h4,7-8,14H,5-6,9,11-12H2,1-3H3,(H,26,29)/t14-/m0/s1. The number of rotatable bonds is 5. The molecule has 1 amide bonds. The quantitative estimate of drug-likeness (QED) is 0.475. The molecule has 1 aliphatic heterocycles. The van der Waals surface area contributed by atoms with Crippen molar-refractivity contribution in [2.45, 2.75) is 45.3 Å². The number of carbonyl (C=O) groups is 1. The Morgan fingerprint density at radius 3 is 2.91 bits per heavy atom. The van der Waals surface area contributed by atoms with Crippen molar-refractivity contribution in [1.29, 1.82) is 5.26 Å². The number of anilines is 1. The minimum absolute atomic E-state index is 0.0980. The topological polar surface area (TPSA) is 110 Å². The van der Waals surface area contributed by atoms with E-state index in [0.29, 0.717) is 44.7 Å². The van der Waals surface area contributed by atoms with Gasteiger partial charge in [-0.15, -0.1) is 21.5 Å². The Balaban J connectivity index is 1.22. The highest BCUT2D eigenvalue weighted by Gasteiger charge is 2.32. The van der Waals surface area contributed by atoms with Crippen molar-refractivity contribution in [3.8, 4) is 29.0 Å². The predicted molar refractivity (Wildman–Crippen MR) is 129 cm³/mol. The summed E-state index contributed by atoms with van der Waals surface area (Å²) in [6.45, 7) is 6.97. The molecule has 0 bridgehead atoms. The molecule has 176 valence electrons. The number of hydrogen-bond donors (Lipinski definition) is 1. The average molecular weight is 497 g/mol. The Hall–Kier alpha value is -3.03. The van der Waals surface area contributed by atoms with E-state index in [4.69, 9.17) is 13.9 Å². The number of thiophene rings is 1. The molecule has 8 nitrogen and oxygen atoms in total. The number of ether oxygens (including phenoxy) is 2. The minimum atomic E-state index is -0.213. The van der Waals surface area contributed by atoms with Gasteiger partial charge in [-0.2, -0.15) is 5.26 Å². The molecular formula is C24H24N4O4S2. The molecule has 10 heteroatoms. The summed E-state index contributed by atoms with van der Waals surface area (Å²) >= 11 is 2.68. The van der Waals surface area contributed by atoms with E-state index in [2.05, 4.69) is 42.4 Å². The number of nitrogens with zero attached hydrogens (tertiary/aromatic N) is 3. The lowest BCUT2D eigenvalue weighted by Gasteiger charge is -2.33. The molecule has 1 aliphatic carbocycles. The van der Waals surface area contributed by atoms with Crippen LogP contribution in [0.5, 0.6) is 11.5 Å². The highest BCUT2D eigenvalue weighted by atomic mass is 32.2. The van der Waals surface area contributed by atoms with Crippen LogP contribution in [-0.4, -0.2) is 28.7 Å². The monoisotopic (exact) mass is 496 g/mol. The number of nitrogens with one attached hydrogen (secondary N) is 1. The van der Waals surface area contributed by atoms with Crippen LogP contribution in [0.4, 0.5) is 5.00 Å². The number of benzene rings is 1. The highest BCUT2D eigenvalue weighted by molar-refractivity contribution is 7.99. The fourth-order valence-electron chi connectivity index (χ4n) is 4.24. The molecule has 5 rings (SSSR count). The van der Waals surface area contributed by atoms with Crippen molar-refractivity contribution in [1.82, 2.24) is 10.2 Å². The molecular weight excluding hydrogens is 472 g/mol. The molecule has 0 spiro atoms. The van der Waals surface area contributed by atoms with Gasteiger partial charge < -0.3 is 19.2 Å². The lowest BCUT2D eigenvalue weighted by molar-refractivity contribution is -0.113. The number of thioether (sulfide) groups is 1. The Kier molecular flexibility index (Phi) is 6.00.